The number of carbonyl (C=O) groups is 1. The van der Waals surface area contributed by atoms with Crippen LogP contribution in [0.15, 0.2) is 4.99 Å². The van der Waals surface area contributed by atoms with Crippen molar-refractivity contribution in [2.24, 2.45) is 10.4 Å². The summed E-state index contributed by atoms with van der Waals surface area (Å²) in [5.74, 6) is -0.305. The topological polar surface area (TPSA) is 58.9 Å². The lowest BCUT2D eigenvalue weighted by Crippen LogP contribution is -2.33. The first-order valence-corrected chi connectivity index (χ1v) is 6.18. The van der Waals surface area contributed by atoms with Crippen molar-refractivity contribution in [3.8, 4) is 0 Å². The number of esters is 1. The molecule has 17 heavy (non-hydrogen) atoms. The van der Waals surface area contributed by atoms with Gasteiger partial charge in [-0.05, 0) is 45.4 Å². The van der Waals surface area contributed by atoms with E-state index in [9.17, 15) is 9.90 Å². The minimum atomic E-state index is -0.451. The van der Waals surface area contributed by atoms with E-state index in [1.165, 1.54) is 6.42 Å². The molecular weight excluding hydrogens is 218 g/mol. The molecule has 0 saturated heterocycles. The molecule has 0 unspecified atom stereocenters. The minimum Gasteiger partial charge on any atom is -0.459 e. The zero-order valence-corrected chi connectivity index (χ0v) is 11.0. The van der Waals surface area contributed by atoms with Gasteiger partial charge in [-0.2, -0.15) is 0 Å². The highest BCUT2D eigenvalue weighted by Gasteiger charge is 2.35. The van der Waals surface area contributed by atoms with E-state index in [0.717, 1.165) is 19.3 Å². The van der Waals surface area contributed by atoms with Crippen LogP contribution in [-0.4, -0.2) is 36.0 Å². The van der Waals surface area contributed by atoms with Crippen molar-refractivity contribution in [1.82, 2.24) is 0 Å². The van der Waals surface area contributed by atoms with Gasteiger partial charge in [-0.3, -0.25) is 9.79 Å². The summed E-state index contributed by atoms with van der Waals surface area (Å²) in [7, 11) is 0. The number of aliphatic hydroxyl groups is 1. The van der Waals surface area contributed by atoms with Crippen LogP contribution in [-0.2, 0) is 9.53 Å². The molecule has 0 spiro atoms. The molecule has 1 fully saturated rings. The van der Waals surface area contributed by atoms with Crippen LogP contribution in [0.2, 0.25) is 0 Å². The van der Waals surface area contributed by atoms with Crippen molar-refractivity contribution >= 4 is 12.2 Å². The number of rotatable bonds is 5. The molecule has 0 radical (unpaired) electrons. The van der Waals surface area contributed by atoms with Crippen molar-refractivity contribution < 1.29 is 14.6 Å². The second-order valence-corrected chi connectivity index (χ2v) is 5.83. The molecular formula is C13H23NO3. The number of nitrogens with zero attached hydrogens (tertiary/aromatic N) is 1. The Kier molecular flexibility index (Phi) is 4.69. The molecule has 98 valence electrons. The van der Waals surface area contributed by atoms with Crippen LogP contribution in [0.3, 0.4) is 0 Å². The summed E-state index contributed by atoms with van der Waals surface area (Å²) in [6.07, 6.45) is 5.80. The molecule has 0 aromatic carbocycles. The van der Waals surface area contributed by atoms with E-state index in [0.29, 0.717) is 0 Å². The van der Waals surface area contributed by atoms with Crippen molar-refractivity contribution in [2.75, 3.05) is 13.2 Å². The summed E-state index contributed by atoms with van der Waals surface area (Å²) < 4.78 is 5.13. The quantitative estimate of drug-likeness (QED) is 0.591. The Bertz CT molecular complexity index is 282. The Morgan fingerprint density at radius 2 is 2.12 bits per heavy atom. The highest BCUT2D eigenvalue weighted by Crippen LogP contribution is 2.42. The molecule has 1 aliphatic carbocycles. The Labute approximate surface area is 103 Å². The first kappa shape index (κ1) is 14.2. The maximum atomic E-state index is 11.4. The van der Waals surface area contributed by atoms with Crippen LogP contribution in [0.25, 0.3) is 0 Å². The molecule has 4 nitrogen and oxygen atoms in total. The number of carbonyl (C=O) groups excluding carboxylic acids is 1. The highest BCUT2D eigenvalue weighted by molar-refractivity contribution is 5.74. The van der Waals surface area contributed by atoms with Crippen LogP contribution in [0.5, 0.6) is 0 Å². The summed E-state index contributed by atoms with van der Waals surface area (Å²) in [6, 6.07) is 0. The summed E-state index contributed by atoms with van der Waals surface area (Å²) in [6.45, 7) is 5.79. The molecule has 0 aliphatic heterocycles. The first-order valence-electron chi connectivity index (χ1n) is 6.18. The van der Waals surface area contributed by atoms with Gasteiger partial charge in [0.25, 0.3) is 0 Å². The van der Waals surface area contributed by atoms with Gasteiger partial charge >= 0.3 is 5.97 Å². The zero-order valence-electron chi connectivity index (χ0n) is 11.0. The average molecular weight is 241 g/mol. The molecule has 1 rings (SSSR count). The van der Waals surface area contributed by atoms with Crippen LogP contribution in [0, 0.1) is 5.41 Å². The van der Waals surface area contributed by atoms with Crippen molar-refractivity contribution in [2.45, 2.75) is 52.1 Å². The van der Waals surface area contributed by atoms with Gasteiger partial charge in [0.15, 0.2) is 0 Å². The fourth-order valence-electron chi connectivity index (χ4n) is 1.87. The third kappa shape index (κ3) is 4.86. The zero-order chi connectivity index (χ0) is 12.9. The molecule has 0 atom stereocenters. The lowest BCUT2D eigenvalue weighted by Gasteiger charge is -2.39. The molecule has 0 aromatic rings. The number of hydrogen-bond acceptors (Lipinski definition) is 4. The van der Waals surface area contributed by atoms with E-state index in [-0.39, 0.29) is 24.5 Å². The van der Waals surface area contributed by atoms with Gasteiger partial charge < -0.3 is 9.84 Å². The van der Waals surface area contributed by atoms with E-state index in [1.54, 1.807) is 6.21 Å². The van der Waals surface area contributed by atoms with E-state index in [1.807, 2.05) is 20.8 Å². The number of aliphatic hydroxyl groups excluding tert-OH is 1. The monoisotopic (exact) mass is 241 g/mol. The predicted molar refractivity (Wildman–Crippen MR) is 67.2 cm³/mol. The summed E-state index contributed by atoms with van der Waals surface area (Å²) >= 11 is 0. The summed E-state index contributed by atoms with van der Waals surface area (Å²) in [4.78, 5) is 15.4. The molecule has 0 amide bonds. The fourth-order valence-corrected chi connectivity index (χ4v) is 1.87. The maximum absolute atomic E-state index is 11.4. The smallest absolute Gasteiger partial charge is 0.328 e. The van der Waals surface area contributed by atoms with Gasteiger partial charge in [-0.25, -0.2) is 0 Å². The average Bonchev–Trinajstić information content (AvgIpc) is 2.13. The highest BCUT2D eigenvalue weighted by atomic mass is 16.6. The Morgan fingerprint density at radius 1 is 1.47 bits per heavy atom. The summed E-state index contributed by atoms with van der Waals surface area (Å²) in [5, 5.41) is 9.24. The fraction of sp³-hybridized carbons (Fsp3) is 0.846. The van der Waals surface area contributed by atoms with Crippen LogP contribution >= 0.6 is 0 Å². The Balaban J connectivity index is 2.24. The van der Waals surface area contributed by atoms with Crippen LogP contribution < -0.4 is 0 Å². The van der Waals surface area contributed by atoms with Gasteiger partial charge in [0.05, 0.1) is 0 Å². The maximum Gasteiger partial charge on any atom is 0.328 e. The standard InChI is InChI=1S/C13H23NO3/c1-12(2,3)17-11(16)9-14-8-7-13(10-15)5-4-6-13/h8,15H,4-7,9-10H2,1-3H3/b14-8+. The number of aliphatic imine (C=N–C) groups is 1. The van der Waals surface area contributed by atoms with E-state index >= 15 is 0 Å². The number of ether oxygens (including phenoxy) is 1. The second-order valence-electron chi connectivity index (χ2n) is 5.83. The Hall–Kier alpha value is -0.900. The third-order valence-corrected chi connectivity index (χ3v) is 3.04. The second kappa shape index (κ2) is 5.63. The van der Waals surface area contributed by atoms with Crippen LogP contribution in [0.4, 0.5) is 0 Å². The van der Waals surface area contributed by atoms with E-state index < -0.39 is 5.60 Å². The summed E-state index contributed by atoms with van der Waals surface area (Å²) in [5.41, 5.74) is -0.412. The number of hydrogen-bond donors (Lipinski definition) is 1. The van der Waals surface area contributed by atoms with Gasteiger partial charge in [0.2, 0.25) is 0 Å². The normalized spacial score (nSPS) is 19.1. The molecule has 1 saturated carbocycles. The predicted octanol–water partition coefficient (Wildman–Crippen LogP) is 1.95. The molecule has 0 bridgehead atoms. The lowest BCUT2D eigenvalue weighted by molar-refractivity contribution is -0.152. The van der Waals surface area contributed by atoms with Crippen molar-refractivity contribution in [1.29, 1.82) is 0 Å². The van der Waals surface area contributed by atoms with E-state index in [2.05, 4.69) is 4.99 Å². The first-order chi connectivity index (χ1) is 7.87. The van der Waals surface area contributed by atoms with Gasteiger partial charge in [0, 0.05) is 12.8 Å². The molecule has 1 aliphatic rings. The SMILES string of the molecule is CC(C)(C)OC(=O)C/N=C/CC1(CO)CCC1. The van der Waals surface area contributed by atoms with E-state index in [4.69, 9.17) is 4.74 Å². The van der Waals surface area contributed by atoms with Gasteiger partial charge in [-0.1, -0.05) is 6.42 Å². The van der Waals surface area contributed by atoms with Crippen molar-refractivity contribution in [3.63, 3.8) is 0 Å². The molecule has 4 heteroatoms. The molecule has 1 N–H and O–H groups in total. The van der Waals surface area contributed by atoms with Gasteiger partial charge in [0.1, 0.15) is 12.1 Å². The molecule has 0 heterocycles. The van der Waals surface area contributed by atoms with Crippen molar-refractivity contribution in [3.05, 3.63) is 0 Å². The Morgan fingerprint density at radius 3 is 2.53 bits per heavy atom. The van der Waals surface area contributed by atoms with Crippen LogP contribution in [0.1, 0.15) is 46.5 Å². The van der Waals surface area contributed by atoms with Gasteiger partial charge in [-0.15, -0.1) is 0 Å². The largest absolute Gasteiger partial charge is 0.459 e. The molecule has 0 aromatic heterocycles. The minimum absolute atomic E-state index is 0.0391. The third-order valence-electron chi connectivity index (χ3n) is 3.04. The lowest BCUT2D eigenvalue weighted by atomic mass is 9.67.